The fourth-order valence-corrected chi connectivity index (χ4v) is 4.04. The van der Waals surface area contributed by atoms with Crippen LogP contribution in [0.3, 0.4) is 0 Å². The zero-order valence-electron chi connectivity index (χ0n) is 16.9. The second-order valence-corrected chi connectivity index (χ2v) is 8.38. The lowest BCUT2D eigenvalue weighted by atomic mass is 10.1. The molecule has 1 atom stereocenters. The third kappa shape index (κ3) is 5.12. The summed E-state index contributed by atoms with van der Waals surface area (Å²) < 4.78 is 57.1. The molecule has 0 saturated heterocycles. The Hall–Kier alpha value is -3.01. The molecule has 0 spiro atoms. The van der Waals surface area contributed by atoms with Crippen LogP contribution in [-0.2, 0) is 19.6 Å². The van der Waals surface area contributed by atoms with Gasteiger partial charge in [-0.15, -0.1) is 0 Å². The molecule has 10 heteroatoms. The Morgan fingerprint density at radius 3 is 2.40 bits per heavy atom. The maximum absolute atomic E-state index is 13.6. The number of nitrogens with one attached hydrogen (secondary N) is 1. The molecule has 1 unspecified atom stereocenters. The maximum atomic E-state index is 13.6. The third-order valence-electron chi connectivity index (χ3n) is 4.33. The van der Waals surface area contributed by atoms with E-state index in [1.807, 2.05) is 0 Å². The van der Waals surface area contributed by atoms with Gasteiger partial charge in [-0.1, -0.05) is 6.07 Å². The summed E-state index contributed by atoms with van der Waals surface area (Å²) in [7, 11) is -4.01. The summed E-state index contributed by atoms with van der Waals surface area (Å²) in [5.74, 6) is -3.67. The summed E-state index contributed by atoms with van der Waals surface area (Å²) in [4.78, 5) is 24.8. The van der Waals surface area contributed by atoms with Crippen LogP contribution in [-0.4, -0.2) is 39.2 Å². The second kappa shape index (κ2) is 9.21. The summed E-state index contributed by atoms with van der Waals surface area (Å²) in [6.45, 7) is 4.76. The quantitative estimate of drug-likeness (QED) is 0.668. The van der Waals surface area contributed by atoms with E-state index in [0.29, 0.717) is 15.9 Å². The summed E-state index contributed by atoms with van der Waals surface area (Å²) in [5, 5.41) is 2.58. The van der Waals surface area contributed by atoms with Gasteiger partial charge in [0, 0.05) is 11.8 Å². The van der Waals surface area contributed by atoms with Crippen molar-refractivity contribution in [2.45, 2.75) is 26.8 Å². The first-order chi connectivity index (χ1) is 14.0. The van der Waals surface area contributed by atoms with Gasteiger partial charge in [-0.25, -0.2) is 22.0 Å². The second-order valence-electron chi connectivity index (χ2n) is 6.52. The normalized spacial score (nSPS) is 12.2. The van der Waals surface area contributed by atoms with Crippen molar-refractivity contribution in [3.63, 3.8) is 0 Å². The Kier molecular flexibility index (Phi) is 7.14. The van der Waals surface area contributed by atoms with Gasteiger partial charge in [-0.05, 0) is 50.6 Å². The molecule has 1 amide bonds. The molecule has 1 N–H and O–H groups in total. The van der Waals surface area contributed by atoms with Crippen LogP contribution in [0.2, 0.25) is 0 Å². The fourth-order valence-electron chi connectivity index (χ4n) is 2.87. The van der Waals surface area contributed by atoms with Crippen molar-refractivity contribution >= 4 is 33.3 Å². The number of benzene rings is 2. The van der Waals surface area contributed by atoms with E-state index >= 15 is 0 Å². The highest BCUT2D eigenvalue weighted by Crippen LogP contribution is 2.25. The Balaban J connectivity index is 2.36. The van der Waals surface area contributed by atoms with Gasteiger partial charge in [0.2, 0.25) is 15.9 Å². The number of sulfonamides is 1. The van der Waals surface area contributed by atoms with E-state index < -0.39 is 39.6 Å². The molecule has 0 aliphatic heterocycles. The minimum absolute atomic E-state index is 0.184. The molecule has 0 bridgehead atoms. The van der Waals surface area contributed by atoms with Gasteiger partial charge >= 0.3 is 5.97 Å². The molecule has 0 heterocycles. The minimum atomic E-state index is -4.01. The van der Waals surface area contributed by atoms with Crippen LogP contribution < -0.4 is 9.62 Å². The lowest BCUT2D eigenvalue weighted by Gasteiger charge is -2.28. The molecule has 2 rings (SSSR count). The van der Waals surface area contributed by atoms with E-state index in [9.17, 15) is 26.8 Å². The zero-order valence-corrected chi connectivity index (χ0v) is 17.7. The van der Waals surface area contributed by atoms with Gasteiger partial charge in [-0.3, -0.25) is 9.10 Å². The highest BCUT2D eigenvalue weighted by molar-refractivity contribution is 7.92. The molecule has 0 aliphatic rings. The first-order valence-electron chi connectivity index (χ1n) is 8.99. The average Bonchev–Trinajstić information content (AvgIpc) is 2.65. The third-order valence-corrected chi connectivity index (χ3v) is 5.57. The molecule has 7 nitrogen and oxygen atoms in total. The Bertz CT molecular complexity index is 1070. The van der Waals surface area contributed by atoms with E-state index in [1.165, 1.54) is 13.0 Å². The number of hydrogen-bond acceptors (Lipinski definition) is 5. The van der Waals surface area contributed by atoms with E-state index in [4.69, 9.17) is 4.74 Å². The maximum Gasteiger partial charge on any atom is 0.338 e. The van der Waals surface area contributed by atoms with Gasteiger partial charge in [0.1, 0.15) is 6.04 Å². The van der Waals surface area contributed by atoms with Crippen LogP contribution in [0, 0.1) is 18.6 Å². The van der Waals surface area contributed by atoms with Crippen LogP contribution in [0.4, 0.5) is 20.2 Å². The SMILES string of the molecule is CCOC(=O)c1cccc(NC(=O)C(C)N(c2ccc(F)c(F)c2)S(C)(=O)=O)c1C. The van der Waals surface area contributed by atoms with Crippen molar-refractivity contribution in [2.24, 2.45) is 0 Å². The molecule has 0 saturated carbocycles. The van der Waals surface area contributed by atoms with Crippen LogP contribution in [0.1, 0.15) is 29.8 Å². The van der Waals surface area contributed by atoms with E-state index in [-0.39, 0.29) is 23.5 Å². The number of esters is 1. The number of ether oxygens (including phenoxy) is 1. The molecule has 2 aromatic carbocycles. The first kappa shape index (κ1) is 23.3. The highest BCUT2D eigenvalue weighted by atomic mass is 32.2. The number of anilines is 2. The number of amides is 1. The smallest absolute Gasteiger partial charge is 0.338 e. The van der Waals surface area contributed by atoms with Crippen LogP contribution >= 0.6 is 0 Å². The zero-order chi connectivity index (χ0) is 22.6. The fraction of sp³-hybridized carbons (Fsp3) is 0.300. The summed E-state index contributed by atoms with van der Waals surface area (Å²) >= 11 is 0. The van der Waals surface area contributed by atoms with E-state index in [1.54, 1.807) is 26.0 Å². The van der Waals surface area contributed by atoms with Crippen molar-refractivity contribution in [1.29, 1.82) is 0 Å². The molecule has 0 aliphatic carbocycles. The molecule has 0 fully saturated rings. The molecule has 30 heavy (non-hydrogen) atoms. The number of carbonyl (C=O) groups excluding carboxylic acids is 2. The lowest BCUT2D eigenvalue weighted by Crippen LogP contribution is -2.45. The molecular weight excluding hydrogens is 418 g/mol. The van der Waals surface area contributed by atoms with E-state index in [0.717, 1.165) is 18.4 Å². The predicted octanol–water partition coefficient (Wildman–Crippen LogP) is 3.24. The number of hydrogen-bond donors (Lipinski definition) is 1. The van der Waals surface area contributed by atoms with Crippen molar-refractivity contribution in [3.05, 3.63) is 59.2 Å². The standard InChI is InChI=1S/C20H22F2N2O5S/c1-5-29-20(26)15-7-6-8-18(12(15)2)23-19(25)13(3)24(30(4,27)28)14-9-10-16(21)17(22)11-14/h6-11,13H,5H2,1-4H3,(H,23,25). The molecule has 2 aromatic rings. The van der Waals surface area contributed by atoms with Crippen molar-refractivity contribution in [1.82, 2.24) is 0 Å². The molecule has 0 radical (unpaired) electrons. The average molecular weight is 440 g/mol. The van der Waals surface area contributed by atoms with Gasteiger partial charge in [0.15, 0.2) is 11.6 Å². The first-order valence-corrected chi connectivity index (χ1v) is 10.8. The van der Waals surface area contributed by atoms with Crippen LogP contribution in [0.15, 0.2) is 36.4 Å². The Morgan fingerprint density at radius 1 is 1.17 bits per heavy atom. The molecule has 0 aromatic heterocycles. The number of carbonyl (C=O) groups is 2. The largest absolute Gasteiger partial charge is 0.462 e. The lowest BCUT2D eigenvalue weighted by molar-refractivity contribution is -0.116. The molecular formula is C20H22F2N2O5S. The van der Waals surface area contributed by atoms with Crippen molar-refractivity contribution in [2.75, 3.05) is 22.5 Å². The van der Waals surface area contributed by atoms with Crippen molar-refractivity contribution < 1.29 is 31.5 Å². The van der Waals surface area contributed by atoms with Gasteiger partial charge in [0.25, 0.3) is 0 Å². The van der Waals surface area contributed by atoms with Gasteiger partial charge in [0.05, 0.1) is 24.1 Å². The predicted molar refractivity (Wildman–Crippen MR) is 109 cm³/mol. The summed E-state index contributed by atoms with van der Waals surface area (Å²) in [6.07, 6.45) is 0.852. The number of rotatable bonds is 7. The summed E-state index contributed by atoms with van der Waals surface area (Å²) in [5.41, 5.74) is 0.783. The monoisotopic (exact) mass is 440 g/mol. The van der Waals surface area contributed by atoms with Crippen LogP contribution in [0.25, 0.3) is 0 Å². The Morgan fingerprint density at radius 2 is 1.83 bits per heavy atom. The van der Waals surface area contributed by atoms with E-state index in [2.05, 4.69) is 5.32 Å². The van der Waals surface area contributed by atoms with Crippen molar-refractivity contribution in [3.8, 4) is 0 Å². The number of nitrogens with zero attached hydrogens (tertiary/aromatic N) is 1. The van der Waals surface area contributed by atoms with Crippen LogP contribution in [0.5, 0.6) is 0 Å². The highest BCUT2D eigenvalue weighted by Gasteiger charge is 2.30. The topological polar surface area (TPSA) is 92.8 Å². The van der Waals surface area contributed by atoms with Gasteiger partial charge in [-0.2, -0.15) is 0 Å². The minimum Gasteiger partial charge on any atom is -0.462 e. The Labute approximate surface area is 173 Å². The number of halogens is 2. The van der Waals surface area contributed by atoms with Gasteiger partial charge < -0.3 is 10.1 Å². The summed E-state index contributed by atoms with van der Waals surface area (Å²) in [6, 6.07) is 5.88. The molecule has 162 valence electrons.